The summed E-state index contributed by atoms with van der Waals surface area (Å²) in [6, 6.07) is 2.89. The number of ether oxygens (including phenoxy) is 1. The first-order valence-corrected chi connectivity index (χ1v) is 6.35. The van der Waals surface area contributed by atoms with E-state index in [1.165, 1.54) is 12.1 Å². The van der Waals surface area contributed by atoms with Crippen LogP contribution in [0.5, 0.6) is 5.75 Å². The Morgan fingerprint density at radius 1 is 1.44 bits per heavy atom. The molecule has 2 atom stereocenters. The molecule has 1 aliphatic rings. The Balaban J connectivity index is 2.12. The van der Waals surface area contributed by atoms with Crippen molar-refractivity contribution in [2.45, 2.75) is 19.4 Å². The van der Waals surface area contributed by atoms with Gasteiger partial charge in [-0.25, -0.2) is 0 Å². The lowest BCUT2D eigenvalue weighted by Gasteiger charge is -2.15. The fourth-order valence-corrected chi connectivity index (χ4v) is 2.37. The van der Waals surface area contributed by atoms with Crippen LogP contribution in [0.2, 0.25) is 10.0 Å². The van der Waals surface area contributed by atoms with E-state index in [2.05, 4.69) is 5.32 Å². The fraction of sp³-hybridized carbons (Fsp3) is 0.417. The third kappa shape index (κ3) is 2.71. The minimum absolute atomic E-state index is 0.0955. The smallest absolute Gasteiger partial charge is 0.253 e. The van der Waals surface area contributed by atoms with E-state index < -0.39 is 6.10 Å². The van der Waals surface area contributed by atoms with Crippen molar-refractivity contribution in [3.05, 3.63) is 22.2 Å². The minimum atomic E-state index is -0.448. The summed E-state index contributed by atoms with van der Waals surface area (Å²) in [5, 5.41) is 12.3. The second-order valence-electron chi connectivity index (χ2n) is 4.34. The van der Waals surface area contributed by atoms with Gasteiger partial charge in [-0.2, -0.15) is 0 Å². The van der Waals surface area contributed by atoms with E-state index in [0.29, 0.717) is 12.3 Å². The van der Waals surface area contributed by atoms with Gasteiger partial charge in [-0.05, 0) is 24.5 Å². The average Bonchev–Trinajstić information content (AvgIpc) is 2.72. The quantitative estimate of drug-likeness (QED) is 0.823. The van der Waals surface area contributed by atoms with Crippen LogP contribution in [-0.2, 0) is 9.53 Å². The van der Waals surface area contributed by atoms with Gasteiger partial charge in [0.05, 0.1) is 10.0 Å². The predicted octanol–water partition coefficient (Wildman–Crippen LogP) is 3.06. The molecule has 1 aromatic carbocycles. The van der Waals surface area contributed by atoms with Gasteiger partial charge in [0.2, 0.25) is 0 Å². The summed E-state index contributed by atoms with van der Waals surface area (Å²) >= 11 is 11.5. The summed E-state index contributed by atoms with van der Waals surface area (Å²) < 4.78 is 5.36. The molecule has 2 rings (SSSR count). The first kappa shape index (κ1) is 13.5. The van der Waals surface area contributed by atoms with Crippen LogP contribution in [0.25, 0.3) is 0 Å². The van der Waals surface area contributed by atoms with Crippen molar-refractivity contribution in [2.24, 2.45) is 5.92 Å². The lowest BCUT2D eigenvalue weighted by atomic mass is 10.0. The molecule has 1 amide bonds. The van der Waals surface area contributed by atoms with Crippen molar-refractivity contribution < 1.29 is 14.6 Å². The number of rotatable bonds is 2. The summed E-state index contributed by atoms with van der Waals surface area (Å²) in [4.78, 5) is 11.9. The van der Waals surface area contributed by atoms with Crippen molar-refractivity contribution >= 4 is 34.8 Å². The molecule has 0 radical (unpaired) electrons. The molecule has 0 bridgehead atoms. The van der Waals surface area contributed by atoms with Gasteiger partial charge in [-0.1, -0.05) is 30.1 Å². The molecular formula is C12H13Cl2NO3. The molecule has 0 aromatic heterocycles. The van der Waals surface area contributed by atoms with Crippen molar-refractivity contribution in [3.63, 3.8) is 0 Å². The van der Waals surface area contributed by atoms with Crippen molar-refractivity contribution in [3.8, 4) is 5.75 Å². The molecule has 98 valence electrons. The number of hydrogen-bond donors (Lipinski definition) is 2. The molecule has 1 heterocycles. The maximum absolute atomic E-state index is 11.9. The summed E-state index contributed by atoms with van der Waals surface area (Å²) in [5.74, 6) is -0.229. The average molecular weight is 290 g/mol. The van der Waals surface area contributed by atoms with Crippen molar-refractivity contribution in [1.82, 2.24) is 0 Å². The summed E-state index contributed by atoms with van der Waals surface area (Å²) in [5.41, 5.74) is 0.440. The van der Waals surface area contributed by atoms with Gasteiger partial charge in [-0.15, -0.1) is 0 Å². The van der Waals surface area contributed by atoms with E-state index in [0.717, 1.165) is 6.42 Å². The third-order valence-corrected chi connectivity index (χ3v) is 3.51. The molecule has 1 aliphatic heterocycles. The molecule has 1 aromatic rings. The van der Waals surface area contributed by atoms with E-state index >= 15 is 0 Å². The minimum Gasteiger partial charge on any atom is -0.505 e. The Kier molecular flexibility index (Phi) is 4.00. The van der Waals surface area contributed by atoms with Crippen molar-refractivity contribution in [2.75, 3.05) is 11.9 Å². The Morgan fingerprint density at radius 3 is 2.56 bits per heavy atom. The highest BCUT2D eigenvalue weighted by molar-refractivity contribution is 6.37. The maximum atomic E-state index is 11.9. The van der Waals surface area contributed by atoms with E-state index in [9.17, 15) is 9.90 Å². The van der Waals surface area contributed by atoms with Gasteiger partial charge in [0.15, 0.2) is 5.75 Å². The molecule has 4 nitrogen and oxygen atoms in total. The molecule has 0 spiro atoms. The van der Waals surface area contributed by atoms with Gasteiger partial charge in [0, 0.05) is 12.3 Å². The zero-order chi connectivity index (χ0) is 13.3. The lowest BCUT2D eigenvalue weighted by molar-refractivity contribution is -0.126. The maximum Gasteiger partial charge on any atom is 0.253 e. The van der Waals surface area contributed by atoms with Gasteiger partial charge in [-0.3, -0.25) is 4.79 Å². The van der Waals surface area contributed by atoms with Crippen LogP contribution in [0, 0.1) is 5.92 Å². The first-order valence-electron chi connectivity index (χ1n) is 5.59. The van der Waals surface area contributed by atoms with Gasteiger partial charge < -0.3 is 15.2 Å². The number of nitrogens with one attached hydrogen (secondary N) is 1. The predicted molar refractivity (Wildman–Crippen MR) is 70.3 cm³/mol. The standard InChI is InChI=1S/C12H13Cl2NO3/c1-6-2-3-18-11(6)12(17)15-7-4-8(13)10(16)9(14)5-7/h4-6,11,16H,2-3H2,1H3,(H,15,17). The lowest BCUT2D eigenvalue weighted by Crippen LogP contribution is -2.31. The van der Waals surface area contributed by atoms with E-state index in [-0.39, 0.29) is 27.6 Å². The number of hydrogen-bond acceptors (Lipinski definition) is 3. The molecule has 2 N–H and O–H groups in total. The number of phenols is 1. The number of aromatic hydroxyl groups is 1. The summed E-state index contributed by atoms with van der Waals surface area (Å²) in [6.45, 7) is 2.56. The van der Waals surface area contributed by atoms with Crippen LogP contribution in [0.4, 0.5) is 5.69 Å². The van der Waals surface area contributed by atoms with Crippen LogP contribution in [0.15, 0.2) is 12.1 Å². The zero-order valence-corrected chi connectivity index (χ0v) is 11.3. The van der Waals surface area contributed by atoms with Gasteiger partial charge in [0.1, 0.15) is 6.10 Å². The van der Waals surface area contributed by atoms with E-state index in [1.807, 2.05) is 6.92 Å². The highest BCUT2D eigenvalue weighted by Gasteiger charge is 2.30. The van der Waals surface area contributed by atoms with Crippen molar-refractivity contribution in [1.29, 1.82) is 0 Å². The molecular weight excluding hydrogens is 277 g/mol. The third-order valence-electron chi connectivity index (χ3n) is 2.93. The monoisotopic (exact) mass is 289 g/mol. The number of halogens is 2. The number of carbonyl (C=O) groups excluding carboxylic acids is 1. The number of anilines is 1. The van der Waals surface area contributed by atoms with E-state index in [1.54, 1.807) is 0 Å². The van der Waals surface area contributed by atoms with Crippen LogP contribution < -0.4 is 5.32 Å². The van der Waals surface area contributed by atoms with Crippen LogP contribution in [-0.4, -0.2) is 23.7 Å². The molecule has 1 fully saturated rings. The Bertz CT molecular complexity index is 455. The number of carbonyl (C=O) groups is 1. The molecule has 18 heavy (non-hydrogen) atoms. The molecule has 2 unspecified atom stereocenters. The first-order chi connectivity index (χ1) is 8.49. The molecule has 0 saturated carbocycles. The largest absolute Gasteiger partial charge is 0.505 e. The topological polar surface area (TPSA) is 58.6 Å². The SMILES string of the molecule is CC1CCOC1C(=O)Nc1cc(Cl)c(O)c(Cl)c1. The fourth-order valence-electron chi connectivity index (χ4n) is 1.88. The zero-order valence-electron chi connectivity index (χ0n) is 9.74. The summed E-state index contributed by atoms with van der Waals surface area (Å²) in [6.07, 6.45) is 0.422. The number of amides is 1. The Hall–Kier alpha value is -0.970. The highest BCUT2D eigenvalue weighted by atomic mass is 35.5. The molecule has 1 saturated heterocycles. The molecule has 0 aliphatic carbocycles. The highest BCUT2D eigenvalue weighted by Crippen LogP contribution is 2.35. The van der Waals surface area contributed by atoms with Crippen LogP contribution >= 0.6 is 23.2 Å². The molecule has 6 heteroatoms. The summed E-state index contributed by atoms with van der Waals surface area (Å²) in [7, 11) is 0. The van der Waals surface area contributed by atoms with Crippen LogP contribution in [0.3, 0.4) is 0 Å². The van der Waals surface area contributed by atoms with Gasteiger partial charge in [0.25, 0.3) is 5.91 Å². The Labute approximate surface area is 115 Å². The second kappa shape index (κ2) is 5.34. The number of phenolic OH excluding ortho intramolecular Hbond substituents is 1. The normalized spacial score (nSPS) is 23.1. The number of benzene rings is 1. The van der Waals surface area contributed by atoms with Crippen LogP contribution in [0.1, 0.15) is 13.3 Å². The Morgan fingerprint density at radius 2 is 2.06 bits per heavy atom. The second-order valence-corrected chi connectivity index (χ2v) is 5.15. The van der Waals surface area contributed by atoms with Gasteiger partial charge >= 0.3 is 0 Å². The van der Waals surface area contributed by atoms with E-state index in [4.69, 9.17) is 27.9 Å².